The van der Waals surface area contributed by atoms with Crippen LogP contribution in [0.25, 0.3) is 5.69 Å². The van der Waals surface area contributed by atoms with E-state index in [1.807, 2.05) is 0 Å². The summed E-state index contributed by atoms with van der Waals surface area (Å²) in [5.41, 5.74) is 1.15. The highest BCUT2D eigenvalue weighted by Gasteiger charge is 2.30. The van der Waals surface area contributed by atoms with Gasteiger partial charge in [-0.15, -0.1) is 0 Å². The lowest BCUT2D eigenvalue weighted by atomic mass is 10.2. The first-order valence-electron chi connectivity index (χ1n) is 10.1. The van der Waals surface area contributed by atoms with Crippen LogP contribution in [0.1, 0.15) is 18.4 Å². The molecule has 1 atom stereocenters. The van der Waals surface area contributed by atoms with Crippen LogP contribution >= 0.6 is 0 Å². The SMILES string of the molecule is COc1cc(-n2ccc(OCc3ccc(F)cc3)cc2=O)ccc1OCC(O)C1CC1. The van der Waals surface area contributed by atoms with E-state index < -0.39 is 6.10 Å². The van der Waals surface area contributed by atoms with Gasteiger partial charge in [0.1, 0.15) is 24.8 Å². The number of rotatable bonds is 9. The maximum Gasteiger partial charge on any atom is 0.258 e. The van der Waals surface area contributed by atoms with Crippen LogP contribution in [0.4, 0.5) is 4.39 Å². The molecule has 0 spiro atoms. The number of aliphatic hydroxyl groups excluding tert-OH is 1. The minimum atomic E-state index is -0.477. The smallest absolute Gasteiger partial charge is 0.258 e. The van der Waals surface area contributed by atoms with Gasteiger partial charge in [-0.1, -0.05) is 12.1 Å². The quantitative estimate of drug-likeness (QED) is 0.566. The molecular weight excluding hydrogens is 401 g/mol. The van der Waals surface area contributed by atoms with Crippen LogP contribution in [-0.4, -0.2) is 29.5 Å². The highest BCUT2D eigenvalue weighted by molar-refractivity contribution is 5.49. The molecular formula is C24H24FNO5. The molecule has 1 aliphatic carbocycles. The van der Waals surface area contributed by atoms with Crippen LogP contribution < -0.4 is 19.8 Å². The monoisotopic (exact) mass is 425 g/mol. The lowest BCUT2D eigenvalue weighted by molar-refractivity contribution is 0.0880. The van der Waals surface area contributed by atoms with Gasteiger partial charge in [0.15, 0.2) is 11.5 Å². The predicted molar refractivity (Wildman–Crippen MR) is 114 cm³/mol. The van der Waals surface area contributed by atoms with Gasteiger partial charge in [0.05, 0.1) is 18.9 Å². The van der Waals surface area contributed by atoms with E-state index in [2.05, 4.69) is 0 Å². The number of benzene rings is 2. The number of aliphatic hydroxyl groups is 1. The van der Waals surface area contributed by atoms with Crippen molar-refractivity contribution in [2.24, 2.45) is 5.92 Å². The van der Waals surface area contributed by atoms with Crippen molar-refractivity contribution >= 4 is 0 Å². The zero-order valence-electron chi connectivity index (χ0n) is 17.2. The minimum Gasteiger partial charge on any atom is -0.493 e. The van der Waals surface area contributed by atoms with E-state index in [1.54, 1.807) is 42.6 Å². The third-order valence-electron chi connectivity index (χ3n) is 5.21. The zero-order valence-corrected chi connectivity index (χ0v) is 17.2. The fraction of sp³-hybridized carbons (Fsp3) is 0.292. The second-order valence-electron chi connectivity index (χ2n) is 7.54. The van der Waals surface area contributed by atoms with E-state index in [0.29, 0.717) is 28.9 Å². The van der Waals surface area contributed by atoms with E-state index in [1.165, 1.54) is 29.9 Å². The fourth-order valence-corrected chi connectivity index (χ4v) is 3.23. The molecule has 0 bridgehead atoms. The van der Waals surface area contributed by atoms with Crippen LogP contribution in [0.2, 0.25) is 0 Å². The van der Waals surface area contributed by atoms with Gasteiger partial charge in [0, 0.05) is 18.3 Å². The number of aromatic nitrogens is 1. The normalized spacial score (nSPS) is 14.2. The Balaban J connectivity index is 1.45. The van der Waals surface area contributed by atoms with Crippen molar-refractivity contribution in [2.75, 3.05) is 13.7 Å². The van der Waals surface area contributed by atoms with E-state index in [4.69, 9.17) is 14.2 Å². The number of hydrogen-bond acceptors (Lipinski definition) is 5. The molecule has 31 heavy (non-hydrogen) atoms. The molecule has 1 aromatic heterocycles. The molecule has 0 amide bonds. The lowest BCUT2D eigenvalue weighted by Gasteiger charge is -2.15. The molecule has 0 aliphatic heterocycles. The van der Waals surface area contributed by atoms with Crippen molar-refractivity contribution in [3.8, 4) is 22.9 Å². The predicted octanol–water partition coefficient (Wildman–Crippen LogP) is 3.71. The van der Waals surface area contributed by atoms with Crippen molar-refractivity contribution in [3.63, 3.8) is 0 Å². The summed E-state index contributed by atoms with van der Waals surface area (Å²) in [4.78, 5) is 12.6. The van der Waals surface area contributed by atoms with E-state index in [0.717, 1.165) is 18.4 Å². The van der Waals surface area contributed by atoms with Crippen LogP contribution in [0.15, 0.2) is 65.6 Å². The molecule has 0 radical (unpaired) electrons. The Bertz CT molecular complexity index is 1090. The summed E-state index contributed by atoms with van der Waals surface area (Å²) in [5, 5.41) is 10.00. The molecule has 0 saturated heterocycles. The van der Waals surface area contributed by atoms with Gasteiger partial charge in [0.25, 0.3) is 5.56 Å². The summed E-state index contributed by atoms with van der Waals surface area (Å²) >= 11 is 0. The van der Waals surface area contributed by atoms with Crippen LogP contribution in [0.3, 0.4) is 0 Å². The minimum absolute atomic E-state index is 0.209. The van der Waals surface area contributed by atoms with Crippen molar-refractivity contribution in [2.45, 2.75) is 25.6 Å². The Morgan fingerprint density at radius 3 is 2.52 bits per heavy atom. The highest BCUT2D eigenvalue weighted by atomic mass is 19.1. The van der Waals surface area contributed by atoms with Gasteiger partial charge in [-0.2, -0.15) is 0 Å². The molecule has 162 valence electrons. The topological polar surface area (TPSA) is 69.9 Å². The first-order valence-corrected chi connectivity index (χ1v) is 10.1. The Morgan fingerprint density at radius 2 is 1.84 bits per heavy atom. The lowest BCUT2D eigenvalue weighted by Crippen LogP contribution is -2.20. The van der Waals surface area contributed by atoms with Crippen LogP contribution in [-0.2, 0) is 6.61 Å². The van der Waals surface area contributed by atoms with Gasteiger partial charge < -0.3 is 19.3 Å². The van der Waals surface area contributed by atoms with E-state index >= 15 is 0 Å². The van der Waals surface area contributed by atoms with Crippen molar-refractivity contribution < 1.29 is 23.7 Å². The summed E-state index contributed by atoms with van der Waals surface area (Å²) in [6, 6.07) is 14.3. The second-order valence-corrected chi connectivity index (χ2v) is 7.54. The molecule has 6 nitrogen and oxygen atoms in total. The molecule has 1 heterocycles. The molecule has 1 N–H and O–H groups in total. The average Bonchev–Trinajstić information content (AvgIpc) is 3.63. The van der Waals surface area contributed by atoms with Gasteiger partial charge in [-0.25, -0.2) is 4.39 Å². The summed E-state index contributed by atoms with van der Waals surface area (Å²) in [7, 11) is 1.53. The highest BCUT2D eigenvalue weighted by Crippen LogP contribution is 2.34. The maximum absolute atomic E-state index is 13.0. The Morgan fingerprint density at radius 1 is 1.06 bits per heavy atom. The summed E-state index contributed by atoms with van der Waals surface area (Å²) < 4.78 is 31.2. The summed E-state index contributed by atoms with van der Waals surface area (Å²) in [6.45, 7) is 0.441. The standard InChI is InChI=1S/C24H24FNO5/c1-29-23-12-19(8-9-22(23)31-15-21(27)17-4-5-17)26-11-10-20(13-24(26)28)30-14-16-2-6-18(25)7-3-16/h2-3,6-13,17,21,27H,4-5,14-15H2,1H3. The molecule has 3 aromatic rings. The van der Waals surface area contributed by atoms with Crippen molar-refractivity contribution in [3.05, 3.63) is 82.5 Å². The Kier molecular flexibility index (Phi) is 6.23. The number of ether oxygens (including phenoxy) is 3. The molecule has 7 heteroatoms. The maximum atomic E-state index is 13.0. The largest absolute Gasteiger partial charge is 0.493 e. The number of nitrogens with zero attached hydrogens (tertiary/aromatic N) is 1. The van der Waals surface area contributed by atoms with E-state index in [9.17, 15) is 14.3 Å². The Hall–Kier alpha value is -3.32. The number of methoxy groups -OCH3 is 1. The Labute approximate surface area is 179 Å². The number of halogens is 1. The molecule has 1 fully saturated rings. The third kappa shape index (κ3) is 5.24. The van der Waals surface area contributed by atoms with Gasteiger partial charge in [0.2, 0.25) is 0 Å². The molecule has 2 aromatic carbocycles. The molecule has 4 rings (SSSR count). The van der Waals surface area contributed by atoms with Gasteiger partial charge in [-0.3, -0.25) is 9.36 Å². The van der Waals surface area contributed by atoms with Gasteiger partial charge in [-0.05, 0) is 54.7 Å². The van der Waals surface area contributed by atoms with Crippen LogP contribution in [0, 0.1) is 11.7 Å². The molecule has 1 aliphatic rings. The number of pyridine rings is 1. The third-order valence-corrected chi connectivity index (χ3v) is 5.21. The first kappa shape index (κ1) is 20.9. The fourth-order valence-electron chi connectivity index (χ4n) is 3.23. The van der Waals surface area contributed by atoms with Crippen molar-refractivity contribution in [1.29, 1.82) is 0 Å². The average molecular weight is 425 g/mol. The number of hydrogen-bond donors (Lipinski definition) is 1. The van der Waals surface area contributed by atoms with E-state index in [-0.39, 0.29) is 24.6 Å². The van der Waals surface area contributed by atoms with Crippen LogP contribution in [0.5, 0.6) is 17.2 Å². The second kappa shape index (κ2) is 9.22. The van der Waals surface area contributed by atoms with Crippen molar-refractivity contribution in [1.82, 2.24) is 4.57 Å². The molecule has 1 saturated carbocycles. The zero-order chi connectivity index (χ0) is 21.8. The van der Waals surface area contributed by atoms with Gasteiger partial charge >= 0.3 is 0 Å². The first-order chi connectivity index (χ1) is 15.0. The molecule has 1 unspecified atom stereocenters. The summed E-state index contributed by atoms with van der Waals surface area (Å²) in [5.74, 6) is 1.43. The summed E-state index contributed by atoms with van der Waals surface area (Å²) in [6.07, 6.45) is 3.21.